The zero-order valence-corrected chi connectivity index (χ0v) is 10.0. The van der Waals surface area contributed by atoms with E-state index in [-0.39, 0.29) is 5.91 Å². The second kappa shape index (κ2) is 4.73. The van der Waals surface area contributed by atoms with Crippen LogP contribution in [0, 0.1) is 6.92 Å². The minimum absolute atomic E-state index is 0.0322. The normalized spacial score (nSPS) is 17.2. The summed E-state index contributed by atoms with van der Waals surface area (Å²) in [6.45, 7) is 4.70. The van der Waals surface area contributed by atoms with Gasteiger partial charge in [-0.1, -0.05) is 6.07 Å². The third-order valence-electron chi connectivity index (χ3n) is 3.13. The molecule has 0 saturated carbocycles. The number of nitrogens with zero attached hydrogens (tertiary/aromatic N) is 2. The average Bonchev–Trinajstić information content (AvgIpc) is 2.33. The number of carbonyl (C=O) groups is 1. The molecule has 1 aliphatic heterocycles. The Hall–Kier alpha value is -1.59. The number of benzene rings is 1. The quantitative estimate of drug-likeness (QED) is 0.538. The van der Waals surface area contributed by atoms with Crippen molar-refractivity contribution in [2.45, 2.75) is 6.92 Å². The smallest absolute Gasteiger partial charge is 0.254 e. The molecular weight excluding hydrogens is 216 g/mol. The minimum atomic E-state index is 0.0322. The highest BCUT2D eigenvalue weighted by Crippen LogP contribution is 2.15. The van der Waals surface area contributed by atoms with E-state index in [0.717, 1.165) is 5.56 Å². The third-order valence-corrected chi connectivity index (χ3v) is 3.13. The van der Waals surface area contributed by atoms with Gasteiger partial charge in [0, 0.05) is 37.4 Å². The fourth-order valence-electron chi connectivity index (χ4n) is 1.88. The number of amides is 1. The van der Waals surface area contributed by atoms with Gasteiger partial charge in [0.2, 0.25) is 0 Å². The van der Waals surface area contributed by atoms with Crippen molar-refractivity contribution in [1.82, 2.24) is 9.91 Å². The van der Waals surface area contributed by atoms with Gasteiger partial charge in [-0.15, -0.1) is 0 Å². The topological polar surface area (TPSA) is 75.6 Å². The van der Waals surface area contributed by atoms with Gasteiger partial charge in [-0.3, -0.25) is 10.6 Å². The summed E-state index contributed by atoms with van der Waals surface area (Å²) in [6, 6.07) is 5.44. The number of piperazine rings is 1. The molecule has 1 aliphatic rings. The Bertz CT molecular complexity index is 425. The first-order valence-corrected chi connectivity index (χ1v) is 5.73. The number of aryl methyl sites for hydroxylation is 1. The van der Waals surface area contributed by atoms with Crippen LogP contribution in [0.4, 0.5) is 5.69 Å². The number of hydrogen-bond acceptors (Lipinski definition) is 4. The van der Waals surface area contributed by atoms with Crippen molar-refractivity contribution in [2.24, 2.45) is 5.84 Å². The summed E-state index contributed by atoms with van der Waals surface area (Å²) < 4.78 is 0. The van der Waals surface area contributed by atoms with Gasteiger partial charge in [-0.25, -0.2) is 5.01 Å². The maximum absolute atomic E-state index is 12.2. The number of nitrogens with two attached hydrogens (primary N) is 2. The largest absolute Gasteiger partial charge is 0.398 e. The molecule has 0 unspecified atom stereocenters. The van der Waals surface area contributed by atoms with E-state index in [4.69, 9.17) is 11.6 Å². The Kier molecular flexibility index (Phi) is 3.31. The Morgan fingerprint density at radius 1 is 1.24 bits per heavy atom. The third kappa shape index (κ3) is 2.57. The van der Waals surface area contributed by atoms with Gasteiger partial charge < -0.3 is 10.6 Å². The Morgan fingerprint density at radius 2 is 1.88 bits per heavy atom. The first-order chi connectivity index (χ1) is 8.08. The molecule has 1 aromatic rings. The van der Waals surface area contributed by atoms with E-state index in [0.29, 0.717) is 37.4 Å². The molecule has 1 fully saturated rings. The van der Waals surface area contributed by atoms with Crippen LogP contribution in [0.5, 0.6) is 0 Å². The molecule has 0 radical (unpaired) electrons. The number of hydrogen-bond donors (Lipinski definition) is 2. The fourth-order valence-corrected chi connectivity index (χ4v) is 1.88. The second-order valence-electron chi connectivity index (χ2n) is 4.40. The van der Waals surface area contributed by atoms with Crippen molar-refractivity contribution in [3.63, 3.8) is 0 Å². The van der Waals surface area contributed by atoms with Crippen molar-refractivity contribution in [1.29, 1.82) is 0 Å². The van der Waals surface area contributed by atoms with Gasteiger partial charge >= 0.3 is 0 Å². The van der Waals surface area contributed by atoms with Gasteiger partial charge in [0.05, 0.1) is 0 Å². The molecule has 2 rings (SSSR count). The molecule has 0 atom stereocenters. The van der Waals surface area contributed by atoms with E-state index in [1.165, 1.54) is 0 Å². The van der Waals surface area contributed by atoms with Gasteiger partial charge in [0.15, 0.2) is 0 Å². The monoisotopic (exact) mass is 234 g/mol. The molecule has 1 saturated heterocycles. The molecule has 0 aromatic heterocycles. The Balaban J connectivity index is 2.11. The van der Waals surface area contributed by atoms with Crippen LogP contribution in [0.25, 0.3) is 0 Å². The zero-order valence-electron chi connectivity index (χ0n) is 10.0. The molecule has 1 aromatic carbocycles. The molecule has 0 bridgehead atoms. The maximum Gasteiger partial charge on any atom is 0.254 e. The molecule has 17 heavy (non-hydrogen) atoms. The van der Waals surface area contributed by atoms with E-state index in [9.17, 15) is 4.79 Å². The molecule has 5 nitrogen and oxygen atoms in total. The summed E-state index contributed by atoms with van der Waals surface area (Å²) in [4.78, 5) is 14.0. The molecule has 1 amide bonds. The molecule has 1 heterocycles. The lowest BCUT2D eigenvalue weighted by molar-refractivity contribution is 0.0638. The average molecular weight is 234 g/mol. The van der Waals surface area contributed by atoms with Gasteiger partial charge in [-0.2, -0.15) is 0 Å². The van der Waals surface area contributed by atoms with Gasteiger partial charge in [0.25, 0.3) is 5.91 Å². The first-order valence-electron chi connectivity index (χ1n) is 5.73. The summed E-state index contributed by atoms with van der Waals surface area (Å²) in [5, 5.41) is 1.73. The van der Waals surface area contributed by atoms with Crippen LogP contribution in [-0.2, 0) is 0 Å². The van der Waals surface area contributed by atoms with E-state index >= 15 is 0 Å². The summed E-state index contributed by atoms with van der Waals surface area (Å²) in [5.74, 6) is 5.69. The van der Waals surface area contributed by atoms with E-state index < -0.39 is 0 Å². The number of hydrazine groups is 1. The summed E-state index contributed by atoms with van der Waals surface area (Å²) >= 11 is 0. The highest BCUT2D eigenvalue weighted by Gasteiger charge is 2.20. The summed E-state index contributed by atoms with van der Waals surface area (Å²) in [6.07, 6.45) is 0. The predicted molar refractivity (Wildman–Crippen MR) is 67.3 cm³/mol. The van der Waals surface area contributed by atoms with Crippen LogP contribution in [0.2, 0.25) is 0 Å². The van der Waals surface area contributed by atoms with Crippen molar-refractivity contribution in [3.8, 4) is 0 Å². The fraction of sp³-hybridized carbons (Fsp3) is 0.417. The molecule has 92 valence electrons. The highest BCUT2D eigenvalue weighted by molar-refractivity contribution is 5.95. The predicted octanol–water partition coefficient (Wildman–Crippen LogP) is 0.209. The van der Waals surface area contributed by atoms with E-state index in [2.05, 4.69) is 0 Å². The molecule has 5 heteroatoms. The van der Waals surface area contributed by atoms with Crippen molar-refractivity contribution < 1.29 is 4.79 Å². The lowest BCUT2D eigenvalue weighted by atomic mass is 10.1. The summed E-state index contributed by atoms with van der Waals surface area (Å²) in [7, 11) is 0. The van der Waals surface area contributed by atoms with Crippen molar-refractivity contribution >= 4 is 11.6 Å². The SMILES string of the molecule is Cc1ccc(C(=O)N2CCN(N)CC2)cc1N. The molecule has 0 aliphatic carbocycles. The standard InChI is InChI=1S/C12H18N4O/c1-9-2-3-10(8-11(9)13)12(17)15-4-6-16(14)7-5-15/h2-3,8H,4-7,13-14H2,1H3. The lowest BCUT2D eigenvalue weighted by Gasteiger charge is -2.32. The van der Waals surface area contributed by atoms with Gasteiger partial charge in [0.1, 0.15) is 0 Å². The van der Waals surface area contributed by atoms with Crippen LogP contribution in [0.15, 0.2) is 18.2 Å². The molecule has 0 spiro atoms. The Labute approximate surface area is 101 Å². The Morgan fingerprint density at radius 3 is 2.47 bits per heavy atom. The lowest BCUT2D eigenvalue weighted by Crippen LogP contribution is -2.51. The van der Waals surface area contributed by atoms with Crippen LogP contribution >= 0.6 is 0 Å². The first kappa shape index (κ1) is 11.9. The molecule has 4 N–H and O–H groups in total. The van der Waals surface area contributed by atoms with Crippen LogP contribution in [0.1, 0.15) is 15.9 Å². The minimum Gasteiger partial charge on any atom is -0.398 e. The van der Waals surface area contributed by atoms with E-state index in [1.807, 2.05) is 24.0 Å². The van der Waals surface area contributed by atoms with E-state index in [1.54, 1.807) is 11.1 Å². The second-order valence-corrected chi connectivity index (χ2v) is 4.40. The van der Waals surface area contributed by atoms with Crippen LogP contribution in [0.3, 0.4) is 0 Å². The number of nitrogen functional groups attached to an aromatic ring is 1. The van der Waals surface area contributed by atoms with Crippen molar-refractivity contribution in [3.05, 3.63) is 29.3 Å². The van der Waals surface area contributed by atoms with Gasteiger partial charge in [-0.05, 0) is 24.6 Å². The maximum atomic E-state index is 12.2. The summed E-state index contributed by atoms with van der Waals surface area (Å²) in [5.41, 5.74) is 8.12. The van der Waals surface area contributed by atoms with Crippen LogP contribution < -0.4 is 11.6 Å². The molecular formula is C12H18N4O. The van der Waals surface area contributed by atoms with Crippen LogP contribution in [-0.4, -0.2) is 42.0 Å². The number of carbonyl (C=O) groups excluding carboxylic acids is 1. The highest BCUT2D eigenvalue weighted by atomic mass is 16.2. The zero-order chi connectivity index (χ0) is 12.4. The van der Waals surface area contributed by atoms with Crippen molar-refractivity contribution in [2.75, 3.05) is 31.9 Å². The number of anilines is 1. The number of rotatable bonds is 1.